The minimum absolute atomic E-state index is 0.0854. The number of piperazine rings is 1. The normalized spacial score (nSPS) is 14.1. The van der Waals surface area contributed by atoms with E-state index in [0.29, 0.717) is 41.8 Å². The molecule has 0 bridgehead atoms. The van der Waals surface area contributed by atoms with Gasteiger partial charge in [-0.1, -0.05) is 48.3 Å². The lowest BCUT2D eigenvalue weighted by Crippen LogP contribution is -2.49. The van der Waals surface area contributed by atoms with Crippen LogP contribution in [0.2, 0.25) is 10.0 Å². The van der Waals surface area contributed by atoms with Crippen LogP contribution in [0.15, 0.2) is 54.7 Å². The summed E-state index contributed by atoms with van der Waals surface area (Å²) in [4.78, 5) is 26.8. The maximum atomic E-state index is 13.0. The summed E-state index contributed by atoms with van der Waals surface area (Å²) in [7, 11) is 0. The number of carbonyl (C=O) groups excluding carboxylic acids is 1. The van der Waals surface area contributed by atoms with Crippen LogP contribution >= 0.6 is 23.2 Å². The molecule has 0 aliphatic carbocycles. The number of halogens is 2. The SMILES string of the molecule is CCCc1nc(N2CCN(C(=O)c3ccc(Cl)cc3Cl)CC2)c2cnn(-c3ccccc3)c2n1. The van der Waals surface area contributed by atoms with Crippen LogP contribution in [0.25, 0.3) is 16.7 Å². The Morgan fingerprint density at radius 2 is 1.76 bits per heavy atom. The summed E-state index contributed by atoms with van der Waals surface area (Å²) in [5, 5.41) is 6.41. The number of amides is 1. The van der Waals surface area contributed by atoms with E-state index in [1.807, 2.05) is 46.1 Å². The van der Waals surface area contributed by atoms with Crippen molar-refractivity contribution in [2.75, 3.05) is 31.1 Å². The Kier molecular flexibility index (Phi) is 6.39. The number of nitrogens with zero attached hydrogens (tertiary/aromatic N) is 6. The number of carbonyl (C=O) groups is 1. The molecule has 0 N–H and O–H groups in total. The number of rotatable bonds is 5. The molecular formula is C25H24Cl2N6O. The number of hydrogen-bond donors (Lipinski definition) is 0. The van der Waals surface area contributed by atoms with E-state index < -0.39 is 0 Å². The number of hydrogen-bond acceptors (Lipinski definition) is 5. The highest BCUT2D eigenvalue weighted by molar-refractivity contribution is 6.36. The molecule has 2 aromatic heterocycles. The highest BCUT2D eigenvalue weighted by Crippen LogP contribution is 2.28. The summed E-state index contributed by atoms with van der Waals surface area (Å²) in [6, 6.07) is 15.0. The molecule has 0 spiro atoms. The average Bonchev–Trinajstić information content (AvgIpc) is 3.28. The molecule has 1 aliphatic rings. The molecule has 7 nitrogen and oxygen atoms in total. The highest BCUT2D eigenvalue weighted by Gasteiger charge is 2.26. The van der Waals surface area contributed by atoms with Gasteiger partial charge in [0.05, 0.1) is 27.9 Å². The van der Waals surface area contributed by atoms with Crippen molar-refractivity contribution in [3.05, 3.63) is 76.2 Å². The molecule has 9 heteroatoms. The van der Waals surface area contributed by atoms with Gasteiger partial charge in [0, 0.05) is 37.6 Å². The molecular weight excluding hydrogens is 471 g/mol. The number of para-hydroxylation sites is 1. The summed E-state index contributed by atoms with van der Waals surface area (Å²) in [5.74, 6) is 1.58. The first-order chi connectivity index (χ1) is 16.5. The first-order valence-corrected chi connectivity index (χ1v) is 12.1. The van der Waals surface area contributed by atoms with Crippen LogP contribution in [0, 0.1) is 0 Å². The smallest absolute Gasteiger partial charge is 0.255 e. The second-order valence-corrected chi connectivity index (χ2v) is 9.09. The van der Waals surface area contributed by atoms with Gasteiger partial charge in [0.25, 0.3) is 5.91 Å². The van der Waals surface area contributed by atoms with Crippen molar-refractivity contribution in [2.24, 2.45) is 0 Å². The monoisotopic (exact) mass is 494 g/mol. The molecule has 5 rings (SSSR count). The summed E-state index contributed by atoms with van der Waals surface area (Å²) in [6.07, 6.45) is 3.57. The molecule has 1 saturated heterocycles. The van der Waals surface area contributed by atoms with E-state index in [9.17, 15) is 4.79 Å². The fraction of sp³-hybridized carbons (Fsp3) is 0.280. The summed E-state index contributed by atoms with van der Waals surface area (Å²) in [5.41, 5.74) is 2.23. The molecule has 0 saturated carbocycles. The number of anilines is 1. The predicted octanol–water partition coefficient (Wildman–Crippen LogP) is 5.04. The molecule has 4 aromatic rings. The van der Waals surface area contributed by atoms with E-state index in [4.69, 9.17) is 33.2 Å². The van der Waals surface area contributed by atoms with Crippen molar-refractivity contribution in [3.63, 3.8) is 0 Å². The van der Waals surface area contributed by atoms with Gasteiger partial charge < -0.3 is 9.80 Å². The van der Waals surface area contributed by atoms with E-state index >= 15 is 0 Å². The Morgan fingerprint density at radius 3 is 2.47 bits per heavy atom. The Morgan fingerprint density at radius 1 is 1.00 bits per heavy atom. The lowest BCUT2D eigenvalue weighted by molar-refractivity contribution is 0.0747. The van der Waals surface area contributed by atoms with Gasteiger partial charge in [-0.15, -0.1) is 0 Å². The number of benzene rings is 2. The molecule has 1 aliphatic heterocycles. The molecule has 174 valence electrons. The number of aromatic nitrogens is 4. The first-order valence-electron chi connectivity index (χ1n) is 11.3. The van der Waals surface area contributed by atoms with Crippen molar-refractivity contribution < 1.29 is 4.79 Å². The summed E-state index contributed by atoms with van der Waals surface area (Å²) < 4.78 is 1.86. The van der Waals surface area contributed by atoms with E-state index in [1.54, 1.807) is 18.2 Å². The molecule has 3 heterocycles. The number of fused-ring (bicyclic) bond motifs is 1. The molecule has 34 heavy (non-hydrogen) atoms. The van der Waals surface area contributed by atoms with Crippen LogP contribution < -0.4 is 4.90 Å². The zero-order valence-electron chi connectivity index (χ0n) is 18.8. The quantitative estimate of drug-likeness (QED) is 0.388. The molecule has 0 atom stereocenters. The van der Waals surface area contributed by atoms with E-state index in [0.717, 1.165) is 41.2 Å². The van der Waals surface area contributed by atoms with Crippen molar-refractivity contribution >= 4 is 46.0 Å². The van der Waals surface area contributed by atoms with Gasteiger partial charge in [-0.2, -0.15) is 5.10 Å². The summed E-state index contributed by atoms with van der Waals surface area (Å²) >= 11 is 12.2. The van der Waals surface area contributed by atoms with E-state index in [2.05, 4.69) is 16.9 Å². The minimum atomic E-state index is -0.0854. The van der Waals surface area contributed by atoms with Gasteiger partial charge >= 0.3 is 0 Å². The molecule has 1 fully saturated rings. The van der Waals surface area contributed by atoms with E-state index in [1.165, 1.54) is 0 Å². The van der Waals surface area contributed by atoms with Gasteiger partial charge in [-0.05, 0) is 36.8 Å². The second kappa shape index (κ2) is 9.60. The largest absolute Gasteiger partial charge is 0.352 e. The van der Waals surface area contributed by atoms with Gasteiger partial charge in [-0.25, -0.2) is 14.6 Å². The van der Waals surface area contributed by atoms with Gasteiger partial charge in [-0.3, -0.25) is 4.79 Å². The fourth-order valence-corrected chi connectivity index (χ4v) is 4.72. The molecule has 2 aromatic carbocycles. The topological polar surface area (TPSA) is 67.2 Å². The third-order valence-corrected chi connectivity index (χ3v) is 6.50. The lowest BCUT2D eigenvalue weighted by atomic mass is 10.1. The molecule has 0 radical (unpaired) electrons. The first kappa shape index (κ1) is 22.6. The third-order valence-electron chi connectivity index (χ3n) is 5.96. The molecule has 1 amide bonds. The van der Waals surface area contributed by atoms with Crippen LogP contribution in [0.1, 0.15) is 29.5 Å². The minimum Gasteiger partial charge on any atom is -0.352 e. The lowest BCUT2D eigenvalue weighted by Gasteiger charge is -2.35. The second-order valence-electron chi connectivity index (χ2n) is 8.25. The van der Waals surface area contributed by atoms with Crippen molar-refractivity contribution in [2.45, 2.75) is 19.8 Å². The molecule has 0 unspecified atom stereocenters. The Labute approximate surface area is 207 Å². The standard InChI is InChI=1S/C25H24Cl2N6O/c1-2-6-22-29-23(20-16-28-33(24(20)30-22)18-7-4-3-5-8-18)31-11-13-32(14-12-31)25(34)19-10-9-17(26)15-21(19)27/h3-5,7-10,15-16H,2,6,11-14H2,1H3. The predicted molar refractivity (Wildman–Crippen MR) is 135 cm³/mol. The fourth-order valence-electron chi connectivity index (χ4n) is 4.23. The van der Waals surface area contributed by atoms with Crippen LogP contribution in [-0.2, 0) is 6.42 Å². The van der Waals surface area contributed by atoms with Crippen molar-refractivity contribution in [1.29, 1.82) is 0 Å². The van der Waals surface area contributed by atoms with Crippen LogP contribution in [-0.4, -0.2) is 56.7 Å². The van der Waals surface area contributed by atoms with Gasteiger partial charge in [0.2, 0.25) is 0 Å². The maximum absolute atomic E-state index is 13.0. The highest BCUT2D eigenvalue weighted by atomic mass is 35.5. The Hall–Kier alpha value is -3.16. The maximum Gasteiger partial charge on any atom is 0.255 e. The van der Waals surface area contributed by atoms with Crippen LogP contribution in [0.5, 0.6) is 0 Å². The Bertz CT molecular complexity index is 1330. The van der Waals surface area contributed by atoms with Gasteiger partial charge in [0.15, 0.2) is 5.65 Å². The van der Waals surface area contributed by atoms with Crippen molar-refractivity contribution in [1.82, 2.24) is 24.6 Å². The van der Waals surface area contributed by atoms with Crippen LogP contribution in [0.3, 0.4) is 0 Å². The van der Waals surface area contributed by atoms with Crippen LogP contribution in [0.4, 0.5) is 5.82 Å². The number of aryl methyl sites for hydroxylation is 1. The van der Waals surface area contributed by atoms with Crippen molar-refractivity contribution in [3.8, 4) is 5.69 Å². The zero-order valence-corrected chi connectivity index (χ0v) is 20.3. The Balaban J connectivity index is 1.42. The summed E-state index contributed by atoms with van der Waals surface area (Å²) in [6.45, 7) is 4.57. The van der Waals surface area contributed by atoms with Gasteiger partial charge in [0.1, 0.15) is 11.6 Å². The van der Waals surface area contributed by atoms with E-state index in [-0.39, 0.29) is 5.91 Å². The zero-order chi connectivity index (χ0) is 23.7. The average molecular weight is 495 g/mol. The third kappa shape index (κ3) is 4.33.